The summed E-state index contributed by atoms with van der Waals surface area (Å²) in [7, 11) is 0. The molecule has 0 spiro atoms. The van der Waals surface area contributed by atoms with Gasteiger partial charge in [0.25, 0.3) is 0 Å². The zero-order valence-corrected chi connectivity index (χ0v) is 14.0. The van der Waals surface area contributed by atoms with E-state index in [1.54, 1.807) is 30.6 Å². The summed E-state index contributed by atoms with van der Waals surface area (Å²) in [5.74, 6) is 0.335. The van der Waals surface area contributed by atoms with Crippen LogP contribution in [-0.2, 0) is 4.79 Å². The molecule has 0 bridgehead atoms. The van der Waals surface area contributed by atoms with Gasteiger partial charge in [0, 0.05) is 48.4 Å². The number of amides is 1. The van der Waals surface area contributed by atoms with Gasteiger partial charge in [-0.05, 0) is 18.2 Å². The molecule has 1 amide bonds. The molecule has 7 heteroatoms. The lowest BCUT2D eigenvalue weighted by Crippen LogP contribution is -2.29. The highest BCUT2D eigenvalue weighted by Gasteiger charge is 2.09. The van der Waals surface area contributed by atoms with Crippen molar-refractivity contribution < 1.29 is 9.59 Å². The number of hydrogen-bond acceptors (Lipinski definition) is 5. The number of halogens is 1. The molecule has 0 aliphatic carbocycles. The SMILES string of the molecule is O=C(CCC(=O)c1ccc(Br)cc1)NCCNc1ncccn1. The number of aromatic nitrogens is 2. The minimum atomic E-state index is -0.147. The molecule has 0 saturated carbocycles. The Morgan fingerprint density at radius 2 is 1.70 bits per heavy atom. The number of rotatable bonds is 8. The van der Waals surface area contributed by atoms with E-state index >= 15 is 0 Å². The highest BCUT2D eigenvalue weighted by molar-refractivity contribution is 9.10. The molecule has 2 rings (SSSR count). The molecule has 0 unspecified atom stereocenters. The summed E-state index contributed by atoms with van der Waals surface area (Å²) in [6.07, 6.45) is 3.66. The van der Waals surface area contributed by atoms with Gasteiger partial charge in [-0.3, -0.25) is 9.59 Å². The third kappa shape index (κ3) is 6.15. The summed E-state index contributed by atoms with van der Waals surface area (Å²) in [6.45, 7) is 0.972. The van der Waals surface area contributed by atoms with Crippen LogP contribution in [0.15, 0.2) is 47.2 Å². The van der Waals surface area contributed by atoms with Gasteiger partial charge in [0.05, 0.1) is 0 Å². The number of carbonyl (C=O) groups excluding carboxylic acids is 2. The first-order valence-electron chi connectivity index (χ1n) is 7.21. The van der Waals surface area contributed by atoms with E-state index in [4.69, 9.17) is 0 Å². The van der Waals surface area contributed by atoms with Gasteiger partial charge < -0.3 is 10.6 Å². The Bertz CT molecular complexity index is 647. The van der Waals surface area contributed by atoms with Crippen LogP contribution in [0, 0.1) is 0 Å². The third-order valence-corrected chi connectivity index (χ3v) is 3.57. The van der Waals surface area contributed by atoms with Crippen molar-refractivity contribution in [3.8, 4) is 0 Å². The maximum atomic E-state index is 12.0. The van der Waals surface area contributed by atoms with Gasteiger partial charge in [-0.25, -0.2) is 9.97 Å². The number of ketones is 1. The molecule has 2 N–H and O–H groups in total. The van der Waals surface area contributed by atoms with E-state index in [1.165, 1.54) is 0 Å². The fourth-order valence-corrected chi connectivity index (χ4v) is 2.13. The molecule has 1 aromatic heterocycles. The zero-order chi connectivity index (χ0) is 16.5. The Morgan fingerprint density at radius 1 is 1.00 bits per heavy atom. The minimum Gasteiger partial charge on any atom is -0.354 e. The van der Waals surface area contributed by atoms with Gasteiger partial charge >= 0.3 is 0 Å². The number of benzene rings is 1. The topological polar surface area (TPSA) is 84.0 Å². The van der Waals surface area contributed by atoms with Gasteiger partial charge in [-0.15, -0.1) is 0 Å². The molecule has 0 fully saturated rings. The van der Waals surface area contributed by atoms with E-state index in [1.807, 2.05) is 12.1 Å². The van der Waals surface area contributed by atoms with Crippen LogP contribution in [-0.4, -0.2) is 34.7 Å². The van der Waals surface area contributed by atoms with Gasteiger partial charge in [0.15, 0.2) is 5.78 Å². The van der Waals surface area contributed by atoms with Crippen LogP contribution >= 0.6 is 15.9 Å². The molecule has 0 aliphatic heterocycles. The molecular formula is C16H17BrN4O2. The van der Waals surface area contributed by atoms with Crippen molar-refractivity contribution in [1.82, 2.24) is 15.3 Å². The van der Waals surface area contributed by atoms with E-state index in [-0.39, 0.29) is 24.5 Å². The van der Waals surface area contributed by atoms with Crippen LogP contribution in [0.4, 0.5) is 5.95 Å². The first-order chi connectivity index (χ1) is 11.1. The predicted molar refractivity (Wildman–Crippen MR) is 91.2 cm³/mol. The Kier molecular flexibility index (Phi) is 6.68. The maximum absolute atomic E-state index is 12.0. The third-order valence-electron chi connectivity index (χ3n) is 3.04. The number of Topliss-reactive ketones (excluding diaryl/α,β-unsaturated/α-hetero) is 1. The lowest BCUT2D eigenvalue weighted by atomic mass is 10.1. The molecule has 120 valence electrons. The quantitative estimate of drug-likeness (QED) is 0.545. The Labute approximate surface area is 142 Å². The van der Waals surface area contributed by atoms with Gasteiger partial charge in [-0.2, -0.15) is 0 Å². The van der Waals surface area contributed by atoms with Crippen LogP contribution < -0.4 is 10.6 Å². The highest BCUT2D eigenvalue weighted by Crippen LogP contribution is 2.12. The number of nitrogens with zero attached hydrogens (tertiary/aromatic N) is 2. The van der Waals surface area contributed by atoms with Gasteiger partial charge in [0.2, 0.25) is 11.9 Å². The molecule has 0 saturated heterocycles. The molecular weight excluding hydrogens is 360 g/mol. The summed E-state index contributed by atoms with van der Waals surface area (Å²) in [4.78, 5) is 31.7. The zero-order valence-electron chi connectivity index (χ0n) is 12.5. The molecule has 0 radical (unpaired) electrons. The van der Waals surface area contributed by atoms with E-state index in [9.17, 15) is 9.59 Å². The minimum absolute atomic E-state index is 0.0385. The number of hydrogen-bond donors (Lipinski definition) is 2. The van der Waals surface area contributed by atoms with Crippen LogP contribution in [0.5, 0.6) is 0 Å². The van der Waals surface area contributed by atoms with Crippen molar-refractivity contribution in [1.29, 1.82) is 0 Å². The first kappa shape index (κ1) is 17.1. The molecule has 6 nitrogen and oxygen atoms in total. The summed E-state index contributed by atoms with van der Waals surface area (Å²) < 4.78 is 0.918. The Hall–Kier alpha value is -2.28. The van der Waals surface area contributed by atoms with Crippen LogP contribution in [0.1, 0.15) is 23.2 Å². The average Bonchev–Trinajstić information content (AvgIpc) is 2.58. The van der Waals surface area contributed by atoms with Gasteiger partial charge in [0.1, 0.15) is 0 Å². The molecule has 23 heavy (non-hydrogen) atoms. The van der Waals surface area contributed by atoms with E-state index in [0.717, 1.165) is 4.47 Å². The van der Waals surface area contributed by atoms with Crippen molar-refractivity contribution in [2.75, 3.05) is 18.4 Å². The smallest absolute Gasteiger partial charge is 0.222 e. The van der Waals surface area contributed by atoms with E-state index in [2.05, 4.69) is 36.5 Å². The highest BCUT2D eigenvalue weighted by atomic mass is 79.9. The normalized spacial score (nSPS) is 10.1. The fourth-order valence-electron chi connectivity index (χ4n) is 1.86. The second-order valence-corrected chi connectivity index (χ2v) is 5.69. The summed E-state index contributed by atoms with van der Waals surface area (Å²) >= 11 is 3.32. The summed E-state index contributed by atoms with van der Waals surface area (Å²) in [6, 6.07) is 8.84. The second kappa shape index (κ2) is 8.99. The Morgan fingerprint density at radius 3 is 2.39 bits per heavy atom. The molecule has 1 heterocycles. The standard InChI is InChI=1S/C16H17BrN4O2/c17-13-4-2-12(3-5-13)14(22)6-7-15(23)18-10-11-21-16-19-8-1-9-20-16/h1-5,8-9H,6-7,10-11H2,(H,18,23)(H,19,20,21). The average molecular weight is 377 g/mol. The molecule has 2 aromatic rings. The lowest BCUT2D eigenvalue weighted by Gasteiger charge is -2.06. The monoisotopic (exact) mass is 376 g/mol. The van der Waals surface area contributed by atoms with Crippen LogP contribution in [0.2, 0.25) is 0 Å². The molecule has 0 aliphatic rings. The predicted octanol–water partition coefficient (Wildman–Crippen LogP) is 2.43. The summed E-state index contributed by atoms with van der Waals surface area (Å²) in [5, 5.41) is 5.74. The number of carbonyl (C=O) groups is 2. The van der Waals surface area contributed by atoms with Crippen LogP contribution in [0.25, 0.3) is 0 Å². The van der Waals surface area contributed by atoms with Crippen molar-refractivity contribution >= 4 is 33.6 Å². The molecule has 0 atom stereocenters. The fraction of sp³-hybridized carbons (Fsp3) is 0.250. The van der Waals surface area contributed by atoms with Crippen LogP contribution in [0.3, 0.4) is 0 Å². The molecule has 1 aromatic carbocycles. The maximum Gasteiger partial charge on any atom is 0.222 e. The van der Waals surface area contributed by atoms with Gasteiger partial charge in [-0.1, -0.05) is 28.1 Å². The first-order valence-corrected chi connectivity index (χ1v) is 8.01. The van der Waals surface area contributed by atoms with Crippen molar-refractivity contribution in [2.24, 2.45) is 0 Å². The number of anilines is 1. The van der Waals surface area contributed by atoms with Crippen molar-refractivity contribution in [3.05, 3.63) is 52.8 Å². The summed E-state index contributed by atoms with van der Waals surface area (Å²) in [5.41, 5.74) is 0.615. The number of nitrogens with one attached hydrogen (secondary N) is 2. The van der Waals surface area contributed by atoms with E-state index in [0.29, 0.717) is 24.6 Å². The van der Waals surface area contributed by atoms with Crippen molar-refractivity contribution in [3.63, 3.8) is 0 Å². The second-order valence-electron chi connectivity index (χ2n) is 4.78. The lowest BCUT2D eigenvalue weighted by molar-refractivity contribution is -0.120. The van der Waals surface area contributed by atoms with Crippen molar-refractivity contribution in [2.45, 2.75) is 12.8 Å². The Balaban J connectivity index is 1.63. The van der Waals surface area contributed by atoms with E-state index < -0.39 is 0 Å². The largest absolute Gasteiger partial charge is 0.354 e.